The second-order valence-corrected chi connectivity index (χ2v) is 3.76. The summed E-state index contributed by atoms with van der Waals surface area (Å²) < 4.78 is 13.2. The molecule has 1 aliphatic carbocycles. The van der Waals surface area contributed by atoms with Crippen LogP contribution in [0.5, 0.6) is 0 Å². The van der Waals surface area contributed by atoms with Crippen molar-refractivity contribution in [3.8, 4) is 0 Å². The Labute approximate surface area is 80.4 Å². The molecule has 0 aliphatic heterocycles. The van der Waals surface area contributed by atoms with Crippen LogP contribution in [-0.4, -0.2) is 10.1 Å². The van der Waals surface area contributed by atoms with Crippen LogP contribution >= 0.6 is 11.6 Å². The molecule has 0 bridgehead atoms. The van der Waals surface area contributed by atoms with E-state index in [4.69, 9.17) is 11.6 Å². The summed E-state index contributed by atoms with van der Waals surface area (Å²) in [7, 11) is 0. The van der Waals surface area contributed by atoms with Crippen molar-refractivity contribution >= 4 is 11.6 Å². The molecule has 1 aromatic rings. The maximum atomic E-state index is 13.2. The van der Waals surface area contributed by atoms with Gasteiger partial charge in [-0.2, -0.15) is 0 Å². The van der Waals surface area contributed by atoms with Gasteiger partial charge in [0, 0.05) is 5.56 Å². The molecule has 0 radical (unpaired) electrons. The van der Waals surface area contributed by atoms with Crippen molar-refractivity contribution in [2.45, 2.75) is 24.9 Å². The zero-order valence-electron chi connectivity index (χ0n) is 6.93. The molecule has 1 aliphatic rings. The fourth-order valence-corrected chi connectivity index (χ4v) is 1.71. The molecule has 2 rings (SSSR count). The lowest BCUT2D eigenvalue weighted by Gasteiger charge is -2.37. The molecule has 1 heterocycles. The van der Waals surface area contributed by atoms with E-state index in [1.165, 1.54) is 6.07 Å². The van der Waals surface area contributed by atoms with Gasteiger partial charge in [-0.15, -0.1) is 0 Å². The fourth-order valence-electron chi connectivity index (χ4n) is 1.55. The van der Waals surface area contributed by atoms with E-state index in [0.29, 0.717) is 12.8 Å². The number of aromatic nitrogens is 1. The molecule has 1 N–H and O–H groups in total. The van der Waals surface area contributed by atoms with Crippen molar-refractivity contribution in [3.63, 3.8) is 0 Å². The molecule has 1 aromatic heterocycles. The van der Waals surface area contributed by atoms with Gasteiger partial charge in [0.05, 0.1) is 11.8 Å². The Kier molecular flexibility index (Phi) is 2.00. The number of nitrogens with zero attached hydrogens (tertiary/aromatic N) is 1. The minimum absolute atomic E-state index is 0.219. The van der Waals surface area contributed by atoms with Crippen molar-refractivity contribution in [2.75, 3.05) is 0 Å². The van der Waals surface area contributed by atoms with E-state index in [1.54, 1.807) is 0 Å². The first-order chi connectivity index (χ1) is 6.12. The van der Waals surface area contributed by atoms with Crippen LogP contribution in [0.1, 0.15) is 24.8 Å². The van der Waals surface area contributed by atoms with Crippen LogP contribution < -0.4 is 0 Å². The van der Waals surface area contributed by atoms with Crippen molar-refractivity contribution in [1.82, 2.24) is 4.98 Å². The van der Waals surface area contributed by atoms with Crippen molar-refractivity contribution in [3.05, 3.63) is 28.8 Å². The monoisotopic (exact) mass is 201 g/mol. The largest absolute Gasteiger partial charge is 0.385 e. The highest BCUT2D eigenvalue weighted by molar-refractivity contribution is 6.29. The van der Waals surface area contributed by atoms with E-state index in [-0.39, 0.29) is 10.7 Å². The van der Waals surface area contributed by atoms with Gasteiger partial charge in [-0.25, -0.2) is 9.37 Å². The third-order valence-electron chi connectivity index (χ3n) is 2.50. The Bertz CT molecular complexity index is 338. The van der Waals surface area contributed by atoms with Crippen LogP contribution in [-0.2, 0) is 5.60 Å². The fraction of sp³-hybridized carbons (Fsp3) is 0.444. The standard InChI is InChI=1S/C9H9ClFNO/c10-8-4-6(7(11)5-12-8)9(13)2-1-3-9/h4-5,13H,1-3H2. The number of pyridine rings is 1. The number of halogens is 2. The van der Waals surface area contributed by atoms with Gasteiger partial charge in [0.25, 0.3) is 0 Å². The molecular formula is C9H9ClFNO. The number of hydrogen-bond donors (Lipinski definition) is 1. The highest BCUT2D eigenvalue weighted by Crippen LogP contribution is 2.42. The summed E-state index contributed by atoms with van der Waals surface area (Å²) in [5, 5.41) is 10.1. The topological polar surface area (TPSA) is 33.1 Å². The number of hydrogen-bond acceptors (Lipinski definition) is 2. The first-order valence-electron chi connectivity index (χ1n) is 4.16. The Morgan fingerprint density at radius 1 is 1.54 bits per heavy atom. The van der Waals surface area contributed by atoms with Crippen LogP contribution in [0.15, 0.2) is 12.3 Å². The molecule has 0 amide bonds. The van der Waals surface area contributed by atoms with E-state index in [0.717, 1.165) is 12.6 Å². The molecule has 70 valence electrons. The highest BCUT2D eigenvalue weighted by Gasteiger charge is 2.38. The zero-order valence-corrected chi connectivity index (χ0v) is 7.68. The van der Waals surface area contributed by atoms with Crippen molar-refractivity contribution in [2.24, 2.45) is 0 Å². The van der Waals surface area contributed by atoms with Gasteiger partial charge in [0.2, 0.25) is 0 Å². The molecule has 0 unspecified atom stereocenters. The summed E-state index contributed by atoms with van der Waals surface area (Å²) in [5.41, 5.74) is -0.727. The van der Waals surface area contributed by atoms with Gasteiger partial charge in [0.15, 0.2) is 0 Å². The molecule has 1 fully saturated rings. The van der Waals surface area contributed by atoms with Gasteiger partial charge in [-0.1, -0.05) is 11.6 Å². The Balaban J connectivity index is 2.43. The van der Waals surface area contributed by atoms with Crippen molar-refractivity contribution in [1.29, 1.82) is 0 Å². The predicted molar refractivity (Wildman–Crippen MR) is 47.0 cm³/mol. The Morgan fingerprint density at radius 3 is 2.77 bits per heavy atom. The van der Waals surface area contributed by atoms with Gasteiger partial charge < -0.3 is 5.11 Å². The molecular weight excluding hydrogens is 193 g/mol. The molecule has 0 spiro atoms. The SMILES string of the molecule is OC1(c2cc(Cl)ncc2F)CCC1. The molecule has 13 heavy (non-hydrogen) atoms. The zero-order chi connectivity index (χ0) is 9.47. The summed E-state index contributed by atoms with van der Waals surface area (Å²) >= 11 is 5.62. The van der Waals surface area contributed by atoms with Gasteiger partial charge in [-0.05, 0) is 25.3 Å². The smallest absolute Gasteiger partial charge is 0.147 e. The molecule has 4 heteroatoms. The van der Waals surface area contributed by atoms with Crippen molar-refractivity contribution < 1.29 is 9.50 Å². The quantitative estimate of drug-likeness (QED) is 0.707. The second kappa shape index (κ2) is 2.93. The van der Waals surface area contributed by atoms with E-state index in [1.807, 2.05) is 0 Å². The minimum Gasteiger partial charge on any atom is -0.385 e. The summed E-state index contributed by atoms with van der Waals surface area (Å²) in [5.74, 6) is -0.480. The maximum absolute atomic E-state index is 13.2. The molecule has 1 saturated carbocycles. The summed E-state index contributed by atoms with van der Waals surface area (Å²) in [4.78, 5) is 3.59. The molecule has 0 atom stereocenters. The van der Waals surface area contributed by atoms with Crippen LogP contribution in [0.3, 0.4) is 0 Å². The van der Waals surface area contributed by atoms with Gasteiger partial charge in [-0.3, -0.25) is 0 Å². The number of aliphatic hydroxyl groups is 1. The van der Waals surface area contributed by atoms with Crippen LogP contribution in [0.2, 0.25) is 5.15 Å². The molecule has 2 nitrogen and oxygen atoms in total. The van der Waals surface area contributed by atoms with E-state index in [2.05, 4.69) is 4.98 Å². The molecule has 0 saturated heterocycles. The third-order valence-corrected chi connectivity index (χ3v) is 2.71. The average molecular weight is 202 g/mol. The second-order valence-electron chi connectivity index (χ2n) is 3.37. The van der Waals surface area contributed by atoms with E-state index < -0.39 is 11.4 Å². The van der Waals surface area contributed by atoms with Gasteiger partial charge >= 0.3 is 0 Å². The van der Waals surface area contributed by atoms with Crippen LogP contribution in [0, 0.1) is 5.82 Å². The first kappa shape index (κ1) is 8.91. The summed E-state index contributed by atoms with van der Waals surface area (Å²) in [6, 6.07) is 1.40. The summed E-state index contributed by atoms with van der Waals surface area (Å²) in [6.07, 6.45) is 3.18. The molecule has 0 aromatic carbocycles. The minimum atomic E-state index is -1.00. The lowest BCUT2D eigenvalue weighted by Crippen LogP contribution is -2.34. The van der Waals surface area contributed by atoms with E-state index >= 15 is 0 Å². The van der Waals surface area contributed by atoms with Crippen LogP contribution in [0.25, 0.3) is 0 Å². The normalized spacial score (nSPS) is 19.6. The maximum Gasteiger partial charge on any atom is 0.147 e. The van der Waals surface area contributed by atoms with E-state index in [9.17, 15) is 9.50 Å². The Morgan fingerprint density at radius 2 is 2.23 bits per heavy atom. The summed E-state index contributed by atoms with van der Waals surface area (Å²) in [6.45, 7) is 0. The number of rotatable bonds is 1. The average Bonchev–Trinajstić information content (AvgIpc) is 2.05. The first-order valence-corrected chi connectivity index (χ1v) is 4.53. The third kappa shape index (κ3) is 1.42. The lowest BCUT2D eigenvalue weighted by atomic mass is 9.75. The Hall–Kier alpha value is -0.670. The highest BCUT2D eigenvalue weighted by atomic mass is 35.5. The lowest BCUT2D eigenvalue weighted by molar-refractivity contribution is -0.0417. The predicted octanol–water partition coefficient (Wildman–Crippen LogP) is 2.25. The van der Waals surface area contributed by atoms with Gasteiger partial charge in [0.1, 0.15) is 11.0 Å². The van der Waals surface area contributed by atoms with Crippen LogP contribution in [0.4, 0.5) is 4.39 Å².